The van der Waals surface area contributed by atoms with Gasteiger partial charge in [-0.05, 0) is 30.3 Å². The number of aromatic nitrogens is 2. The summed E-state index contributed by atoms with van der Waals surface area (Å²) in [5.74, 6) is 1.03. The molecule has 0 radical (unpaired) electrons. The second-order valence-electron chi connectivity index (χ2n) is 4.53. The zero-order valence-corrected chi connectivity index (χ0v) is 10.6. The Kier molecular flexibility index (Phi) is 3.29. The maximum atomic E-state index is 9.31. The average Bonchev–Trinajstić information content (AvgIpc) is 2.49. The summed E-state index contributed by atoms with van der Waals surface area (Å²) in [6.07, 6.45) is 1.78. The minimum atomic E-state index is 0.264. The maximum absolute atomic E-state index is 9.31. The molecule has 2 aromatic rings. The lowest BCUT2D eigenvalue weighted by atomic mass is 10.1. The first-order chi connectivity index (χ1) is 9.33. The summed E-state index contributed by atoms with van der Waals surface area (Å²) in [7, 11) is 0. The van der Waals surface area contributed by atoms with Gasteiger partial charge in [0.15, 0.2) is 0 Å². The van der Waals surface area contributed by atoms with Gasteiger partial charge in [-0.25, -0.2) is 9.97 Å². The molecule has 5 heteroatoms. The summed E-state index contributed by atoms with van der Waals surface area (Å²) in [5, 5.41) is 12.6. The predicted molar refractivity (Wildman–Crippen MR) is 74.2 cm³/mol. The van der Waals surface area contributed by atoms with E-state index in [0.717, 1.165) is 43.4 Å². The van der Waals surface area contributed by atoms with Crippen LogP contribution in [0, 0.1) is 0 Å². The van der Waals surface area contributed by atoms with Gasteiger partial charge in [0.05, 0.1) is 5.69 Å². The number of nitrogens with zero attached hydrogens (tertiary/aromatic N) is 3. The molecule has 0 spiro atoms. The van der Waals surface area contributed by atoms with Crippen LogP contribution in [0.5, 0.6) is 5.75 Å². The Morgan fingerprint density at radius 2 is 1.79 bits per heavy atom. The Bertz CT molecular complexity index is 550. The smallest absolute Gasteiger partial charge is 0.225 e. The summed E-state index contributed by atoms with van der Waals surface area (Å²) in [4.78, 5) is 11.1. The van der Waals surface area contributed by atoms with Crippen LogP contribution in [-0.4, -0.2) is 41.3 Å². The van der Waals surface area contributed by atoms with Crippen molar-refractivity contribution in [3.8, 4) is 17.0 Å². The molecule has 1 aliphatic rings. The van der Waals surface area contributed by atoms with E-state index in [-0.39, 0.29) is 5.75 Å². The zero-order valence-electron chi connectivity index (χ0n) is 10.6. The molecule has 0 atom stereocenters. The highest BCUT2D eigenvalue weighted by atomic mass is 16.3. The van der Waals surface area contributed by atoms with Gasteiger partial charge in [-0.15, -0.1) is 0 Å². The third-order valence-corrected chi connectivity index (χ3v) is 3.21. The van der Waals surface area contributed by atoms with Gasteiger partial charge in [0.1, 0.15) is 5.75 Å². The summed E-state index contributed by atoms with van der Waals surface area (Å²) in [6, 6.07) is 8.94. The number of benzene rings is 1. The van der Waals surface area contributed by atoms with Crippen LogP contribution in [-0.2, 0) is 0 Å². The van der Waals surface area contributed by atoms with Gasteiger partial charge >= 0.3 is 0 Å². The van der Waals surface area contributed by atoms with Crippen molar-refractivity contribution < 1.29 is 5.11 Å². The summed E-state index contributed by atoms with van der Waals surface area (Å²) in [6.45, 7) is 3.79. The summed E-state index contributed by atoms with van der Waals surface area (Å²) in [5.41, 5.74) is 1.86. The van der Waals surface area contributed by atoms with E-state index < -0.39 is 0 Å². The minimum absolute atomic E-state index is 0.264. The van der Waals surface area contributed by atoms with E-state index in [9.17, 15) is 5.11 Å². The van der Waals surface area contributed by atoms with Crippen LogP contribution in [0.1, 0.15) is 0 Å². The monoisotopic (exact) mass is 256 g/mol. The van der Waals surface area contributed by atoms with Gasteiger partial charge in [0.2, 0.25) is 5.95 Å². The first-order valence-corrected chi connectivity index (χ1v) is 6.41. The number of rotatable bonds is 2. The van der Waals surface area contributed by atoms with Crippen LogP contribution in [0.3, 0.4) is 0 Å². The fraction of sp³-hybridized carbons (Fsp3) is 0.286. The van der Waals surface area contributed by atoms with Crippen LogP contribution < -0.4 is 10.2 Å². The topological polar surface area (TPSA) is 61.3 Å². The molecular weight excluding hydrogens is 240 g/mol. The van der Waals surface area contributed by atoms with Crippen molar-refractivity contribution in [1.82, 2.24) is 15.3 Å². The molecule has 0 aliphatic carbocycles. The molecule has 0 amide bonds. The van der Waals surface area contributed by atoms with E-state index >= 15 is 0 Å². The van der Waals surface area contributed by atoms with E-state index in [1.807, 2.05) is 18.2 Å². The largest absolute Gasteiger partial charge is 0.508 e. The molecule has 1 saturated heterocycles. The van der Waals surface area contributed by atoms with Crippen molar-refractivity contribution in [2.75, 3.05) is 31.1 Å². The Balaban J connectivity index is 1.88. The van der Waals surface area contributed by atoms with Gasteiger partial charge in [-0.2, -0.15) is 0 Å². The van der Waals surface area contributed by atoms with Crippen molar-refractivity contribution in [3.63, 3.8) is 0 Å². The van der Waals surface area contributed by atoms with Crippen LogP contribution in [0.25, 0.3) is 11.3 Å². The maximum Gasteiger partial charge on any atom is 0.225 e. The lowest BCUT2D eigenvalue weighted by molar-refractivity contribution is 0.475. The second-order valence-corrected chi connectivity index (χ2v) is 4.53. The van der Waals surface area contributed by atoms with Gasteiger partial charge in [0.25, 0.3) is 0 Å². The van der Waals surface area contributed by atoms with Crippen molar-refractivity contribution >= 4 is 5.95 Å². The molecular formula is C14H16N4O. The quantitative estimate of drug-likeness (QED) is 0.847. The molecule has 0 bridgehead atoms. The molecule has 2 N–H and O–H groups in total. The molecule has 1 aromatic carbocycles. The van der Waals surface area contributed by atoms with Crippen LogP contribution in [0.15, 0.2) is 36.5 Å². The van der Waals surface area contributed by atoms with Crippen molar-refractivity contribution in [1.29, 1.82) is 0 Å². The van der Waals surface area contributed by atoms with Crippen molar-refractivity contribution in [2.24, 2.45) is 0 Å². The molecule has 1 fully saturated rings. The normalized spacial score (nSPS) is 15.5. The Morgan fingerprint density at radius 3 is 2.53 bits per heavy atom. The van der Waals surface area contributed by atoms with Gasteiger partial charge in [-0.3, -0.25) is 0 Å². The Morgan fingerprint density at radius 1 is 1.05 bits per heavy atom. The van der Waals surface area contributed by atoms with E-state index in [1.165, 1.54) is 0 Å². The lowest BCUT2D eigenvalue weighted by Crippen LogP contribution is -2.44. The van der Waals surface area contributed by atoms with Crippen LogP contribution in [0.2, 0.25) is 0 Å². The number of phenolic OH excluding ortho intramolecular Hbond substituents is 1. The van der Waals surface area contributed by atoms with E-state index in [4.69, 9.17) is 0 Å². The minimum Gasteiger partial charge on any atom is -0.508 e. The van der Waals surface area contributed by atoms with Gasteiger partial charge in [-0.1, -0.05) is 0 Å². The molecule has 98 valence electrons. The first kappa shape index (κ1) is 11.9. The standard InChI is InChI=1S/C14H16N4O/c19-12-3-1-11(2-4-12)13-5-6-16-14(17-13)18-9-7-15-8-10-18/h1-6,15,19H,7-10H2. The Hall–Kier alpha value is -2.14. The summed E-state index contributed by atoms with van der Waals surface area (Å²) < 4.78 is 0. The molecule has 2 heterocycles. The third-order valence-electron chi connectivity index (χ3n) is 3.21. The fourth-order valence-corrected chi connectivity index (χ4v) is 2.16. The van der Waals surface area contributed by atoms with E-state index in [2.05, 4.69) is 20.2 Å². The SMILES string of the molecule is Oc1ccc(-c2ccnc(N3CCNCC3)n2)cc1. The summed E-state index contributed by atoms with van der Waals surface area (Å²) >= 11 is 0. The van der Waals surface area contributed by atoms with Crippen LogP contribution in [0.4, 0.5) is 5.95 Å². The number of hydrogen-bond acceptors (Lipinski definition) is 5. The predicted octanol–water partition coefficient (Wildman–Crippen LogP) is 1.26. The molecule has 0 unspecified atom stereocenters. The number of hydrogen-bond donors (Lipinski definition) is 2. The average molecular weight is 256 g/mol. The van der Waals surface area contributed by atoms with E-state index in [1.54, 1.807) is 18.3 Å². The molecule has 1 aliphatic heterocycles. The number of nitrogens with one attached hydrogen (secondary N) is 1. The molecule has 19 heavy (non-hydrogen) atoms. The highest BCUT2D eigenvalue weighted by Gasteiger charge is 2.13. The number of aromatic hydroxyl groups is 1. The highest BCUT2D eigenvalue weighted by Crippen LogP contribution is 2.21. The second kappa shape index (κ2) is 5.24. The lowest BCUT2D eigenvalue weighted by Gasteiger charge is -2.27. The number of phenols is 1. The van der Waals surface area contributed by atoms with Crippen molar-refractivity contribution in [3.05, 3.63) is 36.5 Å². The van der Waals surface area contributed by atoms with Crippen LogP contribution >= 0.6 is 0 Å². The Labute approximate surface area is 111 Å². The van der Waals surface area contributed by atoms with E-state index in [0.29, 0.717) is 0 Å². The molecule has 3 rings (SSSR count). The molecule has 1 aromatic heterocycles. The van der Waals surface area contributed by atoms with Gasteiger partial charge < -0.3 is 15.3 Å². The number of piperazine rings is 1. The van der Waals surface area contributed by atoms with Crippen molar-refractivity contribution in [2.45, 2.75) is 0 Å². The third kappa shape index (κ3) is 2.66. The fourth-order valence-electron chi connectivity index (χ4n) is 2.16. The molecule has 5 nitrogen and oxygen atoms in total. The first-order valence-electron chi connectivity index (χ1n) is 6.41. The number of anilines is 1. The molecule has 0 saturated carbocycles. The van der Waals surface area contributed by atoms with Gasteiger partial charge in [0, 0.05) is 37.9 Å². The highest BCUT2D eigenvalue weighted by molar-refractivity contribution is 5.61. The zero-order chi connectivity index (χ0) is 13.1.